The van der Waals surface area contributed by atoms with Gasteiger partial charge in [0.2, 0.25) is 5.89 Å². The molecule has 1 aromatic rings. The lowest BCUT2D eigenvalue weighted by atomic mass is 10.1. The van der Waals surface area contributed by atoms with Crippen molar-refractivity contribution in [3.8, 4) is 0 Å². The molecule has 0 aliphatic carbocycles. The second kappa shape index (κ2) is 5.71. The van der Waals surface area contributed by atoms with Gasteiger partial charge in [-0.1, -0.05) is 19.0 Å². The van der Waals surface area contributed by atoms with E-state index in [1.165, 1.54) is 7.05 Å². The van der Waals surface area contributed by atoms with Crippen molar-refractivity contribution in [2.45, 2.75) is 33.1 Å². The third-order valence-corrected chi connectivity index (χ3v) is 1.58. The summed E-state index contributed by atoms with van der Waals surface area (Å²) in [6.07, 6.45) is 1.04. The first-order chi connectivity index (χ1) is 5.74. The van der Waals surface area contributed by atoms with Gasteiger partial charge in [0.1, 0.15) is 0 Å². The molecule has 1 unspecified atom stereocenters. The first-order valence-electron chi connectivity index (χ1n) is 4.12. The molecule has 1 heterocycles. The van der Waals surface area contributed by atoms with Gasteiger partial charge in [-0.05, 0) is 20.4 Å². The van der Waals surface area contributed by atoms with Gasteiger partial charge in [-0.25, -0.2) is 0 Å². The molecule has 0 spiro atoms. The van der Waals surface area contributed by atoms with Crippen molar-refractivity contribution in [1.82, 2.24) is 10.1 Å². The average molecular weight is 171 g/mol. The highest BCUT2D eigenvalue weighted by Crippen LogP contribution is 2.15. The van der Waals surface area contributed by atoms with Crippen LogP contribution in [-0.4, -0.2) is 17.2 Å². The lowest BCUT2D eigenvalue weighted by Crippen LogP contribution is -1.90. The fourth-order valence-electron chi connectivity index (χ4n) is 0.688. The Morgan fingerprint density at radius 3 is 2.42 bits per heavy atom. The first-order valence-corrected chi connectivity index (χ1v) is 4.12. The van der Waals surface area contributed by atoms with Crippen LogP contribution in [0.5, 0.6) is 0 Å². The topological polar surface area (TPSA) is 64.9 Å². The minimum atomic E-state index is 0.390. The van der Waals surface area contributed by atoms with Crippen LogP contribution >= 0.6 is 0 Å². The van der Waals surface area contributed by atoms with Crippen LogP contribution in [0, 0.1) is 6.92 Å². The Bertz CT molecular complexity index is 210. The van der Waals surface area contributed by atoms with Crippen LogP contribution in [0.3, 0.4) is 0 Å². The number of nitrogens with zero attached hydrogens (tertiary/aromatic N) is 2. The van der Waals surface area contributed by atoms with Gasteiger partial charge in [0.25, 0.3) is 0 Å². The van der Waals surface area contributed by atoms with Gasteiger partial charge in [-0.15, -0.1) is 0 Å². The van der Waals surface area contributed by atoms with Crippen LogP contribution in [0.4, 0.5) is 0 Å². The number of aromatic nitrogens is 2. The maximum absolute atomic E-state index is 4.96. The lowest BCUT2D eigenvalue weighted by molar-refractivity contribution is 0.354. The standard InChI is InChI=1S/C7H12N2O.CH5N/c1-4-5(2)7-8-6(3)9-10-7;1-2/h5H,4H2,1-3H3;2H2,1H3. The Labute approximate surface area is 73.2 Å². The van der Waals surface area contributed by atoms with Gasteiger partial charge >= 0.3 is 0 Å². The van der Waals surface area contributed by atoms with E-state index in [0.717, 1.165) is 18.1 Å². The van der Waals surface area contributed by atoms with Gasteiger partial charge < -0.3 is 10.3 Å². The highest BCUT2D eigenvalue weighted by atomic mass is 16.5. The van der Waals surface area contributed by atoms with Crippen LogP contribution in [0.15, 0.2) is 4.52 Å². The maximum Gasteiger partial charge on any atom is 0.229 e. The van der Waals surface area contributed by atoms with E-state index >= 15 is 0 Å². The maximum atomic E-state index is 4.96. The number of nitrogens with two attached hydrogens (primary N) is 1. The number of rotatable bonds is 2. The number of hydrogen-bond acceptors (Lipinski definition) is 4. The molecule has 0 saturated heterocycles. The SMILES string of the molecule is CCC(C)c1nc(C)no1.CN. The summed E-state index contributed by atoms with van der Waals surface area (Å²) in [4.78, 5) is 4.10. The van der Waals surface area contributed by atoms with Crippen molar-refractivity contribution in [3.63, 3.8) is 0 Å². The lowest BCUT2D eigenvalue weighted by Gasteiger charge is -1.97. The summed E-state index contributed by atoms with van der Waals surface area (Å²) in [6.45, 7) is 6.01. The average Bonchev–Trinajstić information content (AvgIpc) is 2.54. The Morgan fingerprint density at radius 2 is 2.08 bits per heavy atom. The van der Waals surface area contributed by atoms with Gasteiger partial charge in [-0.3, -0.25) is 0 Å². The van der Waals surface area contributed by atoms with E-state index in [-0.39, 0.29) is 0 Å². The van der Waals surface area contributed by atoms with Crippen molar-refractivity contribution < 1.29 is 4.52 Å². The zero-order valence-corrected chi connectivity index (χ0v) is 8.16. The Hall–Kier alpha value is -0.900. The minimum absolute atomic E-state index is 0.390. The molecule has 0 fully saturated rings. The zero-order chi connectivity index (χ0) is 9.56. The monoisotopic (exact) mass is 171 g/mol. The fraction of sp³-hybridized carbons (Fsp3) is 0.750. The zero-order valence-electron chi connectivity index (χ0n) is 8.16. The molecule has 0 bridgehead atoms. The van der Waals surface area contributed by atoms with Gasteiger partial charge in [-0.2, -0.15) is 4.98 Å². The van der Waals surface area contributed by atoms with Crippen molar-refractivity contribution >= 4 is 0 Å². The van der Waals surface area contributed by atoms with Crippen LogP contribution in [0.25, 0.3) is 0 Å². The van der Waals surface area contributed by atoms with Crippen molar-refractivity contribution in [2.24, 2.45) is 5.73 Å². The molecule has 0 amide bonds. The van der Waals surface area contributed by atoms with E-state index in [2.05, 4.69) is 29.7 Å². The van der Waals surface area contributed by atoms with E-state index in [9.17, 15) is 0 Å². The minimum Gasteiger partial charge on any atom is -0.339 e. The van der Waals surface area contributed by atoms with E-state index in [1.807, 2.05) is 6.92 Å². The molecule has 70 valence electrons. The van der Waals surface area contributed by atoms with E-state index in [1.54, 1.807) is 0 Å². The summed E-state index contributed by atoms with van der Waals surface area (Å²) in [6, 6.07) is 0. The highest BCUT2D eigenvalue weighted by molar-refractivity contribution is 4.89. The smallest absolute Gasteiger partial charge is 0.229 e. The van der Waals surface area contributed by atoms with Crippen LogP contribution in [0.1, 0.15) is 37.9 Å². The predicted octanol–water partition coefficient (Wildman–Crippen LogP) is 1.47. The third kappa shape index (κ3) is 3.00. The number of aryl methyl sites for hydroxylation is 1. The molecular formula is C8H17N3O. The quantitative estimate of drug-likeness (QED) is 0.731. The van der Waals surface area contributed by atoms with E-state index in [0.29, 0.717) is 5.92 Å². The van der Waals surface area contributed by atoms with Crippen LogP contribution in [0.2, 0.25) is 0 Å². The summed E-state index contributed by atoms with van der Waals surface area (Å²) in [7, 11) is 1.50. The summed E-state index contributed by atoms with van der Waals surface area (Å²) >= 11 is 0. The summed E-state index contributed by atoms with van der Waals surface area (Å²) in [5, 5.41) is 3.70. The molecule has 4 nitrogen and oxygen atoms in total. The van der Waals surface area contributed by atoms with Gasteiger partial charge in [0, 0.05) is 5.92 Å². The predicted molar refractivity (Wildman–Crippen MR) is 47.9 cm³/mol. The summed E-state index contributed by atoms with van der Waals surface area (Å²) in [5.74, 6) is 1.86. The van der Waals surface area contributed by atoms with Crippen molar-refractivity contribution in [2.75, 3.05) is 7.05 Å². The van der Waals surface area contributed by atoms with Crippen molar-refractivity contribution in [1.29, 1.82) is 0 Å². The molecule has 1 rings (SSSR count). The first kappa shape index (κ1) is 11.1. The fourth-order valence-corrected chi connectivity index (χ4v) is 0.688. The van der Waals surface area contributed by atoms with Crippen LogP contribution in [-0.2, 0) is 0 Å². The number of hydrogen-bond donors (Lipinski definition) is 1. The second-order valence-corrected chi connectivity index (χ2v) is 2.49. The Morgan fingerprint density at radius 1 is 1.50 bits per heavy atom. The Balaban J connectivity index is 0.000000561. The van der Waals surface area contributed by atoms with E-state index < -0.39 is 0 Å². The Kier molecular flexibility index (Phi) is 5.28. The normalized spacial score (nSPS) is 11.8. The summed E-state index contributed by atoms with van der Waals surface area (Å²) in [5.41, 5.74) is 4.50. The van der Waals surface area contributed by atoms with E-state index in [4.69, 9.17) is 4.52 Å². The third-order valence-electron chi connectivity index (χ3n) is 1.58. The van der Waals surface area contributed by atoms with Gasteiger partial charge in [0.05, 0.1) is 0 Å². The molecule has 12 heavy (non-hydrogen) atoms. The molecule has 0 aliphatic rings. The molecule has 1 atom stereocenters. The largest absolute Gasteiger partial charge is 0.339 e. The molecule has 0 radical (unpaired) electrons. The molecule has 1 aromatic heterocycles. The highest BCUT2D eigenvalue weighted by Gasteiger charge is 2.09. The molecule has 0 aliphatic heterocycles. The van der Waals surface area contributed by atoms with Crippen LogP contribution < -0.4 is 5.73 Å². The molecule has 0 aromatic carbocycles. The molecule has 0 saturated carbocycles. The molecular weight excluding hydrogens is 154 g/mol. The molecule has 2 N–H and O–H groups in total. The molecule has 4 heteroatoms. The summed E-state index contributed by atoms with van der Waals surface area (Å²) < 4.78 is 4.96. The second-order valence-electron chi connectivity index (χ2n) is 2.49. The van der Waals surface area contributed by atoms with Gasteiger partial charge in [0.15, 0.2) is 5.82 Å². The van der Waals surface area contributed by atoms with Crippen molar-refractivity contribution in [3.05, 3.63) is 11.7 Å².